The summed E-state index contributed by atoms with van der Waals surface area (Å²) in [5.41, 5.74) is -0.0713. The normalized spacial score (nSPS) is 19.9. The molecular weight excluding hydrogens is 270 g/mol. The zero-order valence-corrected chi connectivity index (χ0v) is 13.7. The van der Waals surface area contributed by atoms with Gasteiger partial charge in [-0.1, -0.05) is 6.92 Å². The van der Waals surface area contributed by atoms with Crippen molar-refractivity contribution in [3.05, 3.63) is 21.9 Å². The second-order valence-electron chi connectivity index (χ2n) is 5.38. The molecule has 1 aromatic heterocycles. The first-order valence-electron chi connectivity index (χ1n) is 7.70. The van der Waals surface area contributed by atoms with Crippen LogP contribution in [0.3, 0.4) is 0 Å². The largest absolute Gasteiger partial charge is 0.381 e. The Labute approximate surface area is 126 Å². The first-order valence-corrected chi connectivity index (χ1v) is 8.52. The van der Waals surface area contributed by atoms with Crippen molar-refractivity contribution >= 4 is 11.3 Å². The van der Waals surface area contributed by atoms with Crippen LogP contribution in [0, 0.1) is 0 Å². The summed E-state index contributed by atoms with van der Waals surface area (Å²) in [6, 6.07) is 4.88. The van der Waals surface area contributed by atoms with Gasteiger partial charge < -0.3 is 14.8 Å². The van der Waals surface area contributed by atoms with E-state index in [0.717, 1.165) is 45.5 Å². The van der Waals surface area contributed by atoms with E-state index < -0.39 is 0 Å². The predicted molar refractivity (Wildman–Crippen MR) is 84.7 cm³/mol. The van der Waals surface area contributed by atoms with E-state index in [1.54, 1.807) is 0 Å². The molecule has 1 aliphatic heterocycles. The third kappa shape index (κ3) is 3.61. The summed E-state index contributed by atoms with van der Waals surface area (Å²) in [7, 11) is 2.05. The highest BCUT2D eigenvalue weighted by Crippen LogP contribution is 2.32. The summed E-state index contributed by atoms with van der Waals surface area (Å²) in [5.74, 6) is 0. The van der Waals surface area contributed by atoms with Gasteiger partial charge in [-0.2, -0.15) is 0 Å². The van der Waals surface area contributed by atoms with Gasteiger partial charge in [-0.15, -0.1) is 11.3 Å². The fourth-order valence-electron chi connectivity index (χ4n) is 3.07. The first kappa shape index (κ1) is 16.0. The number of thiophene rings is 1. The van der Waals surface area contributed by atoms with Gasteiger partial charge in [0.2, 0.25) is 0 Å². The van der Waals surface area contributed by atoms with Gasteiger partial charge in [-0.3, -0.25) is 0 Å². The summed E-state index contributed by atoms with van der Waals surface area (Å²) >= 11 is 1.93. The standard InChI is InChI=1S/C16H27NO2S/c1-4-13-6-7-14(20-13)12-15(17-3)16(19-5-2)8-10-18-11-9-16/h6-7,15,17H,4-5,8-12H2,1-3H3. The van der Waals surface area contributed by atoms with Gasteiger partial charge in [0.25, 0.3) is 0 Å². The molecule has 0 aromatic carbocycles. The summed E-state index contributed by atoms with van der Waals surface area (Å²) in [5, 5.41) is 3.50. The fourth-order valence-corrected chi connectivity index (χ4v) is 4.08. The summed E-state index contributed by atoms with van der Waals surface area (Å²) < 4.78 is 11.7. The van der Waals surface area contributed by atoms with Crippen molar-refractivity contribution < 1.29 is 9.47 Å². The van der Waals surface area contributed by atoms with Gasteiger partial charge in [0.1, 0.15) is 0 Å². The van der Waals surface area contributed by atoms with Crippen LogP contribution < -0.4 is 5.32 Å². The molecule has 1 aromatic rings. The average Bonchev–Trinajstić information content (AvgIpc) is 2.93. The zero-order chi connectivity index (χ0) is 14.4. The third-order valence-corrected chi connectivity index (χ3v) is 5.48. The lowest BCUT2D eigenvalue weighted by molar-refractivity contribution is -0.125. The van der Waals surface area contributed by atoms with Gasteiger partial charge in [0.15, 0.2) is 0 Å². The molecule has 0 amide bonds. The Hall–Kier alpha value is -0.420. The minimum absolute atomic E-state index is 0.0713. The van der Waals surface area contributed by atoms with E-state index in [1.807, 2.05) is 11.3 Å². The van der Waals surface area contributed by atoms with Gasteiger partial charge >= 0.3 is 0 Å². The smallest absolute Gasteiger partial charge is 0.0881 e. The topological polar surface area (TPSA) is 30.5 Å². The lowest BCUT2D eigenvalue weighted by Crippen LogP contribution is -2.55. The average molecular weight is 297 g/mol. The van der Waals surface area contributed by atoms with Crippen LogP contribution in [0.4, 0.5) is 0 Å². The number of aryl methyl sites for hydroxylation is 1. The van der Waals surface area contributed by atoms with Crippen LogP contribution in [0.25, 0.3) is 0 Å². The minimum atomic E-state index is -0.0713. The number of nitrogens with one attached hydrogen (secondary N) is 1. The van der Waals surface area contributed by atoms with E-state index in [2.05, 4.69) is 38.3 Å². The van der Waals surface area contributed by atoms with E-state index in [-0.39, 0.29) is 5.60 Å². The van der Waals surface area contributed by atoms with Crippen molar-refractivity contribution in [2.45, 2.75) is 51.2 Å². The number of ether oxygens (including phenoxy) is 2. The fraction of sp³-hybridized carbons (Fsp3) is 0.750. The zero-order valence-electron chi connectivity index (χ0n) is 12.9. The van der Waals surface area contributed by atoms with E-state index in [0.29, 0.717) is 6.04 Å². The van der Waals surface area contributed by atoms with Gasteiger partial charge in [-0.05, 0) is 38.9 Å². The Kier molecular flexibility index (Phi) is 6.02. The van der Waals surface area contributed by atoms with Gasteiger partial charge in [0.05, 0.1) is 5.60 Å². The van der Waals surface area contributed by atoms with Crippen molar-refractivity contribution in [1.82, 2.24) is 5.32 Å². The molecule has 3 nitrogen and oxygen atoms in total. The highest BCUT2D eigenvalue weighted by Gasteiger charge is 2.40. The second kappa shape index (κ2) is 7.55. The SMILES string of the molecule is CCOC1(C(Cc2ccc(CC)s2)NC)CCOCC1. The van der Waals surface area contributed by atoms with Crippen molar-refractivity contribution in [3.63, 3.8) is 0 Å². The predicted octanol–water partition coefficient (Wildman–Crippen LogP) is 3.03. The number of hydrogen-bond acceptors (Lipinski definition) is 4. The molecule has 2 rings (SSSR count). The number of likely N-dealkylation sites (N-methyl/N-ethyl adjacent to an activating group) is 1. The molecule has 1 N–H and O–H groups in total. The van der Waals surface area contributed by atoms with Crippen molar-refractivity contribution in [3.8, 4) is 0 Å². The molecule has 2 heterocycles. The lowest BCUT2D eigenvalue weighted by atomic mass is 9.84. The molecule has 0 radical (unpaired) electrons. The maximum absolute atomic E-state index is 6.19. The van der Waals surface area contributed by atoms with Crippen LogP contribution in [0.15, 0.2) is 12.1 Å². The molecule has 1 unspecified atom stereocenters. The second-order valence-corrected chi connectivity index (χ2v) is 6.63. The molecule has 4 heteroatoms. The molecule has 0 aliphatic carbocycles. The molecule has 114 valence electrons. The highest BCUT2D eigenvalue weighted by molar-refractivity contribution is 7.11. The van der Waals surface area contributed by atoms with E-state index in [4.69, 9.17) is 9.47 Å². The van der Waals surface area contributed by atoms with Crippen LogP contribution in [-0.4, -0.2) is 38.5 Å². The maximum atomic E-state index is 6.19. The van der Waals surface area contributed by atoms with E-state index in [1.165, 1.54) is 9.75 Å². The van der Waals surface area contributed by atoms with Crippen LogP contribution in [0.1, 0.15) is 36.4 Å². The Bertz CT molecular complexity index is 393. The Balaban J connectivity index is 2.11. The minimum Gasteiger partial charge on any atom is -0.381 e. The molecule has 0 spiro atoms. The van der Waals surface area contributed by atoms with Gasteiger partial charge in [0, 0.05) is 48.5 Å². The molecule has 0 bridgehead atoms. The van der Waals surface area contributed by atoms with E-state index in [9.17, 15) is 0 Å². The third-order valence-electron chi connectivity index (χ3n) is 4.23. The van der Waals surface area contributed by atoms with Gasteiger partial charge in [-0.25, -0.2) is 0 Å². The van der Waals surface area contributed by atoms with Crippen LogP contribution in [0.2, 0.25) is 0 Å². The number of hydrogen-bond donors (Lipinski definition) is 1. The monoisotopic (exact) mass is 297 g/mol. The Morgan fingerprint density at radius 1 is 1.30 bits per heavy atom. The Morgan fingerprint density at radius 2 is 2.00 bits per heavy atom. The molecular formula is C16H27NO2S. The van der Waals surface area contributed by atoms with Crippen LogP contribution >= 0.6 is 11.3 Å². The quantitative estimate of drug-likeness (QED) is 0.839. The molecule has 0 saturated carbocycles. The molecule has 1 aliphatic rings. The van der Waals surface area contributed by atoms with Crippen LogP contribution in [0.5, 0.6) is 0 Å². The van der Waals surface area contributed by atoms with E-state index >= 15 is 0 Å². The van der Waals surface area contributed by atoms with Crippen LogP contribution in [-0.2, 0) is 22.3 Å². The first-order chi connectivity index (χ1) is 9.74. The molecule has 1 atom stereocenters. The van der Waals surface area contributed by atoms with Crippen molar-refractivity contribution in [1.29, 1.82) is 0 Å². The Morgan fingerprint density at radius 3 is 2.55 bits per heavy atom. The molecule has 1 saturated heterocycles. The van der Waals surface area contributed by atoms with Crippen molar-refractivity contribution in [2.75, 3.05) is 26.9 Å². The van der Waals surface area contributed by atoms with Crippen molar-refractivity contribution in [2.24, 2.45) is 0 Å². The molecule has 20 heavy (non-hydrogen) atoms. The highest BCUT2D eigenvalue weighted by atomic mass is 32.1. The summed E-state index contributed by atoms with van der Waals surface area (Å²) in [6.07, 6.45) is 4.14. The lowest BCUT2D eigenvalue weighted by Gasteiger charge is -2.43. The molecule has 1 fully saturated rings. The summed E-state index contributed by atoms with van der Waals surface area (Å²) in [6.45, 7) is 6.68. The maximum Gasteiger partial charge on any atom is 0.0881 e. The number of rotatable bonds is 7. The summed E-state index contributed by atoms with van der Waals surface area (Å²) in [4.78, 5) is 2.92.